The largest absolute Gasteiger partial charge is 0.505 e. The number of hydrogen-bond acceptors (Lipinski definition) is 6. The number of amides is 1. The van der Waals surface area contributed by atoms with Gasteiger partial charge in [-0.1, -0.05) is 51.1 Å². The molecule has 184 valence electrons. The van der Waals surface area contributed by atoms with Crippen LogP contribution in [0.15, 0.2) is 70.9 Å². The molecule has 1 amide bonds. The SMILES string of the molecule is Cc1ccc(N2N=C(C(C)(C)C)C(=NNc3cccc(-c4cccc(C(=O)O)c4)c3O)C2=O)cc1C. The standard InChI is InChI=1S/C28H28N4O4/c1-16-12-13-20(14-17(16)2)32-26(34)23(25(31-32)28(3,4)5)30-29-22-11-7-10-21(24(22)33)18-8-6-9-19(15-18)27(35)36/h6-15,29,33H,1-5H3,(H,35,36). The van der Waals surface area contributed by atoms with Crippen LogP contribution in [0.3, 0.4) is 0 Å². The van der Waals surface area contributed by atoms with E-state index in [1.54, 1.807) is 30.3 Å². The molecule has 1 heterocycles. The molecule has 0 aliphatic carbocycles. The van der Waals surface area contributed by atoms with Gasteiger partial charge in [-0.3, -0.25) is 10.2 Å². The van der Waals surface area contributed by atoms with Crippen molar-refractivity contribution in [3.05, 3.63) is 77.4 Å². The van der Waals surface area contributed by atoms with E-state index >= 15 is 0 Å². The predicted octanol–water partition coefficient (Wildman–Crippen LogP) is 5.59. The van der Waals surface area contributed by atoms with Gasteiger partial charge in [-0.25, -0.2) is 4.79 Å². The second kappa shape index (κ2) is 9.30. The fraction of sp³-hybridized carbons (Fsp3) is 0.214. The normalized spacial score (nSPS) is 14.8. The number of aromatic hydroxyl groups is 1. The maximum Gasteiger partial charge on any atom is 0.335 e. The number of aryl methyl sites for hydroxylation is 2. The molecule has 0 spiro atoms. The minimum Gasteiger partial charge on any atom is -0.505 e. The third-order valence-corrected chi connectivity index (χ3v) is 6.01. The van der Waals surface area contributed by atoms with Crippen LogP contribution >= 0.6 is 0 Å². The van der Waals surface area contributed by atoms with E-state index in [1.165, 1.54) is 17.1 Å². The highest BCUT2D eigenvalue weighted by Gasteiger charge is 2.39. The van der Waals surface area contributed by atoms with E-state index in [1.807, 2.05) is 52.8 Å². The Kier molecular flexibility index (Phi) is 6.37. The lowest BCUT2D eigenvalue weighted by Crippen LogP contribution is -2.33. The Morgan fingerprint density at radius 2 is 1.72 bits per heavy atom. The number of para-hydroxylation sites is 1. The highest BCUT2D eigenvalue weighted by atomic mass is 16.4. The molecular formula is C28H28N4O4. The van der Waals surface area contributed by atoms with Crippen LogP contribution in [0.4, 0.5) is 11.4 Å². The highest BCUT2D eigenvalue weighted by molar-refractivity contribution is 6.72. The van der Waals surface area contributed by atoms with Crippen molar-refractivity contribution in [2.75, 3.05) is 10.4 Å². The molecule has 0 atom stereocenters. The summed E-state index contributed by atoms with van der Waals surface area (Å²) in [5.74, 6) is -1.55. The number of carbonyl (C=O) groups excluding carboxylic acids is 1. The molecule has 8 nitrogen and oxygen atoms in total. The first-order valence-corrected chi connectivity index (χ1v) is 11.5. The molecular weight excluding hydrogens is 456 g/mol. The zero-order valence-corrected chi connectivity index (χ0v) is 20.8. The van der Waals surface area contributed by atoms with Crippen LogP contribution in [0.25, 0.3) is 11.1 Å². The number of hydrazone groups is 2. The Balaban J connectivity index is 1.69. The summed E-state index contributed by atoms with van der Waals surface area (Å²) in [5.41, 5.74) is 7.19. The molecule has 8 heteroatoms. The van der Waals surface area contributed by atoms with E-state index in [0.717, 1.165) is 11.1 Å². The average Bonchev–Trinajstić information content (AvgIpc) is 3.17. The maximum absolute atomic E-state index is 13.4. The predicted molar refractivity (Wildman–Crippen MR) is 142 cm³/mol. The summed E-state index contributed by atoms with van der Waals surface area (Å²) in [7, 11) is 0. The third-order valence-electron chi connectivity index (χ3n) is 6.01. The van der Waals surface area contributed by atoms with E-state index in [4.69, 9.17) is 0 Å². The first kappa shape index (κ1) is 24.7. The van der Waals surface area contributed by atoms with E-state index in [2.05, 4.69) is 15.6 Å². The molecule has 0 unspecified atom stereocenters. The molecule has 3 aromatic rings. The number of nitrogens with zero attached hydrogens (tertiary/aromatic N) is 3. The van der Waals surface area contributed by atoms with Crippen LogP contribution in [-0.2, 0) is 4.79 Å². The van der Waals surface area contributed by atoms with E-state index in [9.17, 15) is 19.8 Å². The van der Waals surface area contributed by atoms with Crippen LogP contribution in [-0.4, -0.2) is 33.5 Å². The van der Waals surface area contributed by atoms with Crippen molar-refractivity contribution in [1.82, 2.24) is 0 Å². The molecule has 0 saturated heterocycles. The number of aromatic carboxylic acids is 1. The number of anilines is 2. The Morgan fingerprint density at radius 3 is 2.39 bits per heavy atom. The van der Waals surface area contributed by atoms with E-state index in [0.29, 0.717) is 22.5 Å². The highest BCUT2D eigenvalue weighted by Crippen LogP contribution is 2.36. The number of phenols is 1. The number of nitrogens with one attached hydrogen (secondary N) is 1. The number of hydrogen-bond donors (Lipinski definition) is 3. The maximum atomic E-state index is 13.4. The van der Waals surface area contributed by atoms with Gasteiger partial charge in [0.25, 0.3) is 0 Å². The number of benzene rings is 3. The Hall–Kier alpha value is -4.46. The first-order chi connectivity index (χ1) is 17.0. The average molecular weight is 485 g/mol. The van der Waals surface area contributed by atoms with Crippen molar-refractivity contribution >= 4 is 34.7 Å². The van der Waals surface area contributed by atoms with Crippen molar-refractivity contribution in [3.8, 4) is 16.9 Å². The molecule has 0 radical (unpaired) electrons. The molecule has 1 aliphatic rings. The second-order valence-electron chi connectivity index (χ2n) is 9.74. The summed E-state index contributed by atoms with van der Waals surface area (Å²) in [6.07, 6.45) is 0. The first-order valence-electron chi connectivity index (χ1n) is 11.5. The van der Waals surface area contributed by atoms with Crippen LogP contribution in [0.5, 0.6) is 5.75 Å². The fourth-order valence-corrected chi connectivity index (χ4v) is 3.84. The molecule has 0 saturated carbocycles. The lowest BCUT2D eigenvalue weighted by Gasteiger charge is -2.17. The zero-order valence-electron chi connectivity index (χ0n) is 20.8. The van der Waals surface area contributed by atoms with E-state index in [-0.39, 0.29) is 28.6 Å². The summed E-state index contributed by atoms with van der Waals surface area (Å²) in [5, 5.41) is 30.5. The number of rotatable bonds is 5. The van der Waals surface area contributed by atoms with Gasteiger partial charge in [0.15, 0.2) is 5.71 Å². The molecule has 3 aromatic carbocycles. The topological polar surface area (TPSA) is 115 Å². The molecule has 3 N–H and O–H groups in total. The summed E-state index contributed by atoms with van der Waals surface area (Å²) in [6.45, 7) is 9.83. The fourth-order valence-electron chi connectivity index (χ4n) is 3.84. The molecule has 4 rings (SSSR count). The van der Waals surface area contributed by atoms with Crippen molar-refractivity contribution in [2.45, 2.75) is 34.6 Å². The zero-order chi connectivity index (χ0) is 26.2. The minimum atomic E-state index is -1.06. The Labute approximate surface area is 209 Å². The van der Waals surface area contributed by atoms with Gasteiger partial charge in [0.1, 0.15) is 5.75 Å². The molecule has 36 heavy (non-hydrogen) atoms. The van der Waals surface area contributed by atoms with Gasteiger partial charge in [0.05, 0.1) is 22.6 Å². The van der Waals surface area contributed by atoms with Gasteiger partial charge in [-0.2, -0.15) is 15.2 Å². The van der Waals surface area contributed by atoms with Gasteiger partial charge >= 0.3 is 11.9 Å². The van der Waals surface area contributed by atoms with Gasteiger partial charge < -0.3 is 10.2 Å². The molecule has 0 fully saturated rings. The summed E-state index contributed by atoms with van der Waals surface area (Å²) in [4.78, 5) is 24.7. The quantitative estimate of drug-likeness (QED) is 0.323. The number of carboxylic acids is 1. The number of carboxylic acid groups (broad SMARTS) is 1. The summed E-state index contributed by atoms with van der Waals surface area (Å²) >= 11 is 0. The van der Waals surface area contributed by atoms with Gasteiger partial charge in [-0.05, 0) is 60.9 Å². The monoisotopic (exact) mass is 484 g/mol. The minimum absolute atomic E-state index is 0.111. The number of phenolic OH excluding ortho intramolecular Hbond substituents is 1. The van der Waals surface area contributed by atoms with E-state index < -0.39 is 11.4 Å². The van der Waals surface area contributed by atoms with Crippen LogP contribution in [0.1, 0.15) is 42.3 Å². The van der Waals surface area contributed by atoms with Gasteiger partial charge in [0, 0.05) is 11.0 Å². The summed E-state index contributed by atoms with van der Waals surface area (Å²) < 4.78 is 0. The number of carbonyl (C=O) groups is 2. The van der Waals surface area contributed by atoms with Crippen LogP contribution < -0.4 is 10.4 Å². The Bertz CT molecular complexity index is 1430. The van der Waals surface area contributed by atoms with Crippen molar-refractivity contribution in [3.63, 3.8) is 0 Å². The second-order valence-corrected chi connectivity index (χ2v) is 9.74. The van der Waals surface area contributed by atoms with Crippen LogP contribution in [0, 0.1) is 19.3 Å². The third kappa shape index (κ3) is 4.70. The lowest BCUT2D eigenvalue weighted by atomic mass is 9.87. The van der Waals surface area contributed by atoms with Crippen molar-refractivity contribution in [2.24, 2.45) is 15.6 Å². The smallest absolute Gasteiger partial charge is 0.335 e. The van der Waals surface area contributed by atoms with Crippen molar-refractivity contribution < 1.29 is 19.8 Å². The molecule has 0 aromatic heterocycles. The Morgan fingerprint density at radius 1 is 1.00 bits per heavy atom. The van der Waals surface area contributed by atoms with Gasteiger partial charge in [-0.15, -0.1) is 0 Å². The molecule has 0 bridgehead atoms. The molecule has 1 aliphatic heterocycles. The summed E-state index contributed by atoms with van der Waals surface area (Å²) in [6, 6.07) is 17.0. The van der Waals surface area contributed by atoms with Crippen molar-refractivity contribution in [1.29, 1.82) is 0 Å². The van der Waals surface area contributed by atoms with Crippen LogP contribution in [0.2, 0.25) is 0 Å². The lowest BCUT2D eigenvalue weighted by molar-refractivity contribution is -0.112. The van der Waals surface area contributed by atoms with Gasteiger partial charge in [0.2, 0.25) is 0 Å².